The zero-order valence-electron chi connectivity index (χ0n) is 22.1. The molecule has 4 rings (SSSR count). The van der Waals surface area contributed by atoms with Crippen LogP contribution in [-0.2, 0) is 15.8 Å². The van der Waals surface area contributed by atoms with Crippen molar-refractivity contribution in [2.24, 2.45) is 5.92 Å². The number of anilines is 3. The van der Waals surface area contributed by atoms with Crippen LogP contribution in [0.4, 0.5) is 43.4 Å². The monoisotopic (exact) mass is 677 g/mol. The number of benzene rings is 3. The molecule has 6 nitrogen and oxygen atoms in total. The number of amides is 2. The molecule has 0 bridgehead atoms. The standard InChI is InChI=1S/C29H20Cl3F6N3O3/c1-2-3-17(42)12-39-25-20(34)6-7-21(24(25)35)41-26(43)18-11-16(4-5-19(18)30)40-27(44)23-22(28(23,31)32)13-8-14(29(36,37)38)10-15(33)9-13/h2,4-11,22-23,39H,1,3,12H2,(H,40,44)(H,41,43)/t22-,23+/m0/s1. The number of carbonyl (C=O) groups is 3. The van der Waals surface area contributed by atoms with Gasteiger partial charge in [-0.25, -0.2) is 13.2 Å². The molecule has 232 valence electrons. The molecule has 3 aromatic carbocycles. The van der Waals surface area contributed by atoms with Crippen LogP contribution in [0, 0.1) is 23.4 Å². The van der Waals surface area contributed by atoms with E-state index in [4.69, 9.17) is 34.8 Å². The summed E-state index contributed by atoms with van der Waals surface area (Å²) in [5, 5.41) is 6.90. The number of rotatable bonds is 10. The Hall–Kier alpha value is -3.74. The van der Waals surface area contributed by atoms with E-state index in [0.717, 1.165) is 24.3 Å². The molecular formula is C29H20Cl3F6N3O3. The number of carbonyl (C=O) groups excluding carboxylic acids is 3. The minimum Gasteiger partial charge on any atom is -0.373 e. The summed E-state index contributed by atoms with van der Waals surface area (Å²) in [6.45, 7) is 3.00. The van der Waals surface area contributed by atoms with Gasteiger partial charge in [-0.3, -0.25) is 14.4 Å². The van der Waals surface area contributed by atoms with E-state index in [-0.39, 0.29) is 34.0 Å². The van der Waals surface area contributed by atoms with Crippen molar-refractivity contribution in [1.29, 1.82) is 0 Å². The number of hydrogen-bond acceptors (Lipinski definition) is 4. The van der Waals surface area contributed by atoms with Crippen LogP contribution in [-0.4, -0.2) is 28.5 Å². The number of Topliss-reactive ketones (excluding diaryl/α,β-unsaturated/α-hetero) is 1. The molecule has 0 spiro atoms. The summed E-state index contributed by atoms with van der Waals surface area (Å²) in [6, 6.07) is 7.20. The van der Waals surface area contributed by atoms with E-state index >= 15 is 4.39 Å². The van der Waals surface area contributed by atoms with E-state index < -0.39 is 75.1 Å². The fraction of sp³-hybridized carbons (Fsp3) is 0.207. The molecular weight excluding hydrogens is 659 g/mol. The van der Waals surface area contributed by atoms with Crippen LogP contribution in [0.5, 0.6) is 0 Å². The summed E-state index contributed by atoms with van der Waals surface area (Å²) < 4.78 is 80.9. The van der Waals surface area contributed by atoms with Gasteiger partial charge in [-0.05, 0) is 54.1 Å². The fourth-order valence-electron chi connectivity index (χ4n) is 4.44. The lowest BCUT2D eigenvalue weighted by atomic mass is 10.0. The molecule has 1 saturated carbocycles. The first kappa shape index (κ1) is 33.2. The lowest BCUT2D eigenvalue weighted by Gasteiger charge is -2.13. The smallest absolute Gasteiger partial charge is 0.373 e. The maximum Gasteiger partial charge on any atom is 0.416 e. The zero-order valence-corrected chi connectivity index (χ0v) is 24.4. The van der Waals surface area contributed by atoms with E-state index in [1.54, 1.807) is 0 Å². The highest BCUT2D eigenvalue weighted by Gasteiger charge is 2.67. The van der Waals surface area contributed by atoms with Gasteiger partial charge in [-0.15, -0.1) is 29.8 Å². The van der Waals surface area contributed by atoms with Crippen LogP contribution < -0.4 is 16.0 Å². The minimum absolute atomic E-state index is 0.0165. The fourth-order valence-corrected chi connectivity index (χ4v) is 5.47. The Balaban J connectivity index is 1.51. The van der Waals surface area contributed by atoms with Crippen molar-refractivity contribution in [2.45, 2.75) is 22.8 Å². The molecule has 2 amide bonds. The van der Waals surface area contributed by atoms with Crippen LogP contribution >= 0.6 is 34.8 Å². The summed E-state index contributed by atoms with van der Waals surface area (Å²) in [4.78, 5) is 37.7. The lowest BCUT2D eigenvalue weighted by molar-refractivity contribution is -0.137. The van der Waals surface area contributed by atoms with Crippen LogP contribution in [0.25, 0.3) is 0 Å². The summed E-state index contributed by atoms with van der Waals surface area (Å²) >= 11 is 18.5. The van der Waals surface area contributed by atoms with Crippen molar-refractivity contribution in [2.75, 3.05) is 22.5 Å². The molecule has 15 heteroatoms. The second kappa shape index (κ2) is 12.7. The molecule has 1 aliphatic rings. The van der Waals surface area contributed by atoms with E-state index in [1.807, 2.05) is 0 Å². The quantitative estimate of drug-likeness (QED) is 0.115. The number of nitrogens with one attached hydrogen (secondary N) is 3. The Morgan fingerprint density at radius 1 is 0.977 bits per heavy atom. The Morgan fingerprint density at radius 2 is 1.68 bits per heavy atom. The minimum atomic E-state index is -4.86. The summed E-state index contributed by atoms with van der Waals surface area (Å²) in [5.41, 5.74) is -2.89. The number of ketones is 1. The van der Waals surface area contributed by atoms with Gasteiger partial charge >= 0.3 is 6.18 Å². The van der Waals surface area contributed by atoms with Gasteiger partial charge in [-0.2, -0.15) is 13.2 Å². The molecule has 3 aromatic rings. The van der Waals surface area contributed by atoms with Gasteiger partial charge in [0.2, 0.25) is 5.91 Å². The summed E-state index contributed by atoms with van der Waals surface area (Å²) in [5.74, 6) is -8.09. The molecule has 44 heavy (non-hydrogen) atoms. The van der Waals surface area contributed by atoms with E-state index in [9.17, 15) is 36.3 Å². The molecule has 0 aliphatic heterocycles. The second-order valence-electron chi connectivity index (χ2n) is 9.71. The molecule has 3 N–H and O–H groups in total. The normalized spacial score (nSPS) is 17.0. The van der Waals surface area contributed by atoms with Crippen LogP contribution in [0.1, 0.15) is 33.8 Å². The maximum absolute atomic E-state index is 15.0. The molecule has 0 aromatic heterocycles. The maximum atomic E-state index is 15.0. The Morgan fingerprint density at radius 3 is 2.34 bits per heavy atom. The van der Waals surface area contributed by atoms with Crippen molar-refractivity contribution in [3.05, 3.63) is 100 Å². The van der Waals surface area contributed by atoms with Gasteiger partial charge < -0.3 is 16.0 Å². The molecule has 0 heterocycles. The van der Waals surface area contributed by atoms with Gasteiger partial charge in [0.1, 0.15) is 21.7 Å². The molecule has 1 aliphatic carbocycles. The molecule has 0 radical (unpaired) electrons. The van der Waals surface area contributed by atoms with Crippen LogP contribution in [0.2, 0.25) is 5.02 Å². The van der Waals surface area contributed by atoms with Gasteiger partial charge in [0.15, 0.2) is 11.6 Å². The van der Waals surface area contributed by atoms with Crippen molar-refractivity contribution < 1.29 is 40.7 Å². The number of hydrogen-bond donors (Lipinski definition) is 3. The zero-order chi connectivity index (χ0) is 32.6. The molecule has 0 saturated heterocycles. The highest BCUT2D eigenvalue weighted by Crippen LogP contribution is 2.65. The van der Waals surface area contributed by atoms with Gasteiger partial charge in [-0.1, -0.05) is 17.7 Å². The van der Waals surface area contributed by atoms with Gasteiger partial charge in [0.05, 0.1) is 34.3 Å². The van der Waals surface area contributed by atoms with Crippen molar-refractivity contribution in [1.82, 2.24) is 0 Å². The average Bonchev–Trinajstić information content (AvgIpc) is 3.52. The highest BCUT2D eigenvalue weighted by atomic mass is 35.5. The first-order valence-electron chi connectivity index (χ1n) is 12.6. The Labute approximate surface area is 261 Å². The van der Waals surface area contributed by atoms with Crippen molar-refractivity contribution >= 4 is 69.5 Å². The third kappa shape index (κ3) is 7.14. The van der Waals surface area contributed by atoms with E-state index in [1.165, 1.54) is 18.2 Å². The van der Waals surface area contributed by atoms with Gasteiger partial charge in [0, 0.05) is 18.0 Å². The second-order valence-corrected chi connectivity index (χ2v) is 11.6. The van der Waals surface area contributed by atoms with E-state index in [0.29, 0.717) is 12.1 Å². The third-order valence-corrected chi connectivity index (χ3v) is 7.86. The predicted molar refractivity (Wildman–Crippen MR) is 155 cm³/mol. The largest absolute Gasteiger partial charge is 0.416 e. The van der Waals surface area contributed by atoms with Crippen molar-refractivity contribution in [3.63, 3.8) is 0 Å². The van der Waals surface area contributed by atoms with Crippen LogP contribution in [0.3, 0.4) is 0 Å². The molecule has 2 atom stereocenters. The third-order valence-electron chi connectivity index (χ3n) is 6.59. The number of alkyl halides is 5. The van der Waals surface area contributed by atoms with Crippen LogP contribution in [0.15, 0.2) is 61.2 Å². The number of allylic oxidation sites excluding steroid dienone is 1. The van der Waals surface area contributed by atoms with E-state index in [2.05, 4.69) is 22.5 Å². The SMILES string of the molecule is C=CCC(=O)CNc1c(F)ccc(NC(=O)c2cc(NC(=O)[C@H]3[C@H](c4cc(F)cc(C(F)(F)F)c4)C3(Cl)Cl)ccc2Cl)c1F. The molecule has 1 fully saturated rings. The summed E-state index contributed by atoms with van der Waals surface area (Å²) in [7, 11) is 0. The highest BCUT2D eigenvalue weighted by molar-refractivity contribution is 6.53. The van der Waals surface area contributed by atoms with Gasteiger partial charge in [0.25, 0.3) is 5.91 Å². The summed E-state index contributed by atoms with van der Waals surface area (Å²) in [6.07, 6.45) is -3.56. The predicted octanol–water partition coefficient (Wildman–Crippen LogP) is 8.11. The molecule has 0 unspecified atom stereocenters. The topological polar surface area (TPSA) is 87.3 Å². The lowest BCUT2D eigenvalue weighted by Crippen LogP contribution is -2.19. The number of halogens is 9. The Kier molecular flexibility index (Phi) is 9.57. The van der Waals surface area contributed by atoms with Crippen molar-refractivity contribution in [3.8, 4) is 0 Å². The Bertz CT molecular complexity index is 1670. The first-order chi connectivity index (χ1) is 20.5. The first-order valence-corrected chi connectivity index (χ1v) is 13.7. The average molecular weight is 679 g/mol.